The maximum Gasteiger partial charge on any atom is 0.226 e. The molecule has 0 aliphatic rings. The highest BCUT2D eigenvalue weighted by Crippen LogP contribution is 2.25. The lowest BCUT2D eigenvalue weighted by Gasteiger charge is -2.08. The van der Waals surface area contributed by atoms with E-state index in [2.05, 4.69) is 32.1 Å². The number of anilines is 1. The minimum absolute atomic E-state index is 0.460. The Bertz CT molecular complexity index is 692. The first-order valence-electron chi connectivity index (χ1n) is 6.67. The van der Waals surface area contributed by atoms with Crippen LogP contribution < -0.4 is 5.73 Å². The lowest BCUT2D eigenvalue weighted by atomic mass is 10.0. The molecule has 0 saturated heterocycles. The number of nitrogen functional groups attached to an aromatic ring is 1. The summed E-state index contributed by atoms with van der Waals surface area (Å²) in [5.74, 6) is 0. The molecule has 104 valence electrons. The van der Waals surface area contributed by atoms with Crippen LogP contribution in [-0.2, 0) is 6.42 Å². The summed E-state index contributed by atoms with van der Waals surface area (Å²) in [6.07, 6.45) is 0.730. The maximum absolute atomic E-state index is 6.11. The van der Waals surface area contributed by atoms with Gasteiger partial charge in [-0.15, -0.1) is 0 Å². The molecule has 2 aromatic heterocycles. The third kappa shape index (κ3) is 2.61. The molecule has 0 spiro atoms. The van der Waals surface area contributed by atoms with Crippen LogP contribution in [0.3, 0.4) is 0 Å². The van der Waals surface area contributed by atoms with Crippen LogP contribution >= 0.6 is 0 Å². The van der Waals surface area contributed by atoms with Crippen LogP contribution in [0, 0.1) is 6.92 Å². The molecule has 0 bridgehead atoms. The van der Waals surface area contributed by atoms with Gasteiger partial charge in [0.25, 0.3) is 0 Å². The first kappa shape index (κ1) is 14.0. The Morgan fingerprint density at radius 1 is 1.10 bits per heavy atom. The van der Waals surface area contributed by atoms with Gasteiger partial charge in [0.05, 0.1) is 5.69 Å². The molecular weight excluding hydrogens is 252 g/mol. The van der Waals surface area contributed by atoms with Crippen molar-refractivity contribution in [2.75, 3.05) is 5.73 Å². The van der Waals surface area contributed by atoms with Gasteiger partial charge in [-0.2, -0.15) is 0 Å². The summed E-state index contributed by atoms with van der Waals surface area (Å²) in [6, 6.07) is 10.1. The lowest BCUT2D eigenvalue weighted by molar-refractivity contribution is 0.315. The molecule has 5 heteroatoms. The molecule has 2 N–H and O–H groups in total. The Hall–Kier alpha value is -2.43. The third-order valence-corrected chi connectivity index (χ3v) is 2.99. The summed E-state index contributed by atoms with van der Waals surface area (Å²) in [7, 11) is 0. The van der Waals surface area contributed by atoms with Crippen LogP contribution in [0.15, 0.2) is 35.0 Å². The molecule has 0 saturated carbocycles. The predicted octanol–water partition coefficient (Wildman–Crippen LogP) is 3.13. The van der Waals surface area contributed by atoms with Gasteiger partial charge in [-0.3, -0.25) is 0 Å². The monoisotopic (exact) mass is 270 g/mol. The number of hydrogen-bond donors (Lipinski definition) is 1. The largest absolute Gasteiger partial charge is 0.396 e. The number of hydrogen-bond acceptors (Lipinski definition) is 5. The number of pyridine rings is 1. The molecule has 20 heavy (non-hydrogen) atoms. The minimum Gasteiger partial charge on any atom is -0.396 e. The SMILES string of the molecule is CC.Cc1nc2nonc2c(N)c1Cc1ccccc1. The maximum atomic E-state index is 6.11. The van der Waals surface area contributed by atoms with E-state index in [-0.39, 0.29) is 0 Å². The minimum atomic E-state index is 0.460. The highest BCUT2D eigenvalue weighted by molar-refractivity contribution is 5.85. The van der Waals surface area contributed by atoms with Gasteiger partial charge in [-0.25, -0.2) is 9.61 Å². The van der Waals surface area contributed by atoms with Crippen molar-refractivity contribution in [3.05, 3.63) is 47.2 Å². The zero-order valence-electron chi connectivity index (χ0n) is 11.9. The van der Waals surface area contributed by atoms with Crippen molar-refractivity contribution in [1.82, 2.24) is 15.3 Å². The molecule has 0 atom stereocenters. The summed E-state index contributed by atoms with van der Waals surface area (Å²) in [5.41, 5.74) is 10.7. The van der Waals surface area contributed by atoms with Gasteiger partial charge in [0.15, 0.2) is 5.52 Å². The van der Waals surface area contributed by atoms with E-state index in [1.54, 1.807) is 0 Å². The summed E-state index contributed by atoms with van der Waals surface area (Å²) in [5, 5.41) is 7.50. The fourth-order valence-electron chi connectivity index (χ4n) is 2.01. The van der Waals surface area contributed by atoms with E-state index in [0.29, 0.717) is 16.9 Å². The second-order valence-electron chi connectivity index (χ2n) is 4.19. The van der Waals surface area contributed by atoms with Crippen LogP contribution in [0.5, 0.6) is 0 Å². The van der Waals surface area contributed by atoms with E-state index < -0.39 is 0 Å². The van der Waals surface area contributed by atoms with Gasteiger partial charge in [-0.05, 0) is 22.8 Å². The number of fused-ring (bicyclic) bond motifs is 1. The molecule has 5 nitrogen and oxygen atoms in total. The van der Waals surface area contributed by atoms with Gasteiger partial charge >= 0.3 is 0 Å². The summed E-state index contributed by atoms with van der Waals surface area (Å²) < 4.78 is 4.66. The topological polar surface area (TPSA) is 77.8 Å². The quantitative estimate of drug-likeness (QED) is 0.774. The highest BCUT2D eigenvalue weighted by atomic mass is 16.6. The fourth-order valence-corrected chi connectivity index (χ4v) is 2.01. The predicted molar refractivity (Wildman–Crippen MR) is 79.3 cm³/mol. The fraction of sp³-hybridized carbons (Fsp3) is 0.267. The van der Waals surface area contributed by atoms with Gasteiger partial charge < -0.3 is 5.73 Å². The van der Waals surface area contributed by atoms with E-state index in [4.69, 9.17) is 5.73 Å². The Morgan fingerprint density at radius 2 is 1.80 bits per heavy atom. The Balaban J connectivity index is 0.000000704. The molecule has 3 rings (SSSR count). The van der Waals surface area contributed by atoms with Crippen LogP contribution in [-0.4, -0.2) is 15.3 Å². The Kier molecular flexibility index (Phi) is 4.30. The van der Waals surface area contributed by atoms with Crippen LogP contribution in [0.1, 0.15) is 30.7 Å². The summed E-state index contributed by atoms with van der Waals surface area (Å²) in [6.45, 7) is 5.92. The summed E-state index contributed by atoms with van der Waals surface area (Å²) in [4.78, 5) is 4.35. The van der Waals surface area contributed by atoms with Crippen molar-refractivity contribution in [2.24, 2.45) is 0 Å². The van der Waals surface area contributed by atoms with Crippen LogP contribution in [0.2, 0.25) is 0 Å². The number of benzene rings is 1. The average molecular weight is 270 g/mol. The van der Waals surface area contributed by atoms with E-state index in [0.717, 1.165) is 17.7 Å². The van der Waals surface area contributed by atoms with E-state index in [1.165, 1.54) is 5.56 Å². The van der Waals surface area contributed by atoms with Gasteiger partial charge in [0.1, 0.15) is 0 Å². The molecule has 0 radical (unpaired) electrons. The third-order valence-electron chi connectivity index (χ3n) is 2.99. The molecule has 1 aromatic carbocycles. The Morgan fingerprint density at radius 3 is 2.50 bits per heavy atom. The molecule has 0 fully saturated rings. The van der Waals surface area contributed by atoms with E-state index in [1.807, 2.05) is 39.0 Å². The standard InChI is InChI=1S/C13H12N4O.C2H6/c1-8-10(7-9-5-3-2-4-6-9)11(14)12-13(15-8)17-18-16-12;1-2/h2-6H,7,14H2,1H3;1-2H3. The molecule has 3 aromatic rings. The van der Waals surface area contributed by atoms with Crippen molar-refractivity contribution >= 4 is 16.9 Å². The van der Waals surface area contributed by atoms with Crippen LogP contribution in [0.25, 0.3) is 11.2 Å². The molecule has 0 aliphatic carbocycles. The van der Waals surface area contributed by atoms with Gasteiger partial charge in [-0.1, -0.05) is 44.2 Å². The Labute approximate surface area is 117 Å². The van der Waals surface area contributed by atoms with Crippen molar-refractivity contribution < 1.29 is 4.63 Å². The number of nitrogens with two attached hydrogens (primary N) is 1. The molecular formula is C15H18N4O. The van der Waals surface area contributed by atoms with Gasteiger partial charge in [0, 0.05) is 17.7 Å². The first-order valence-corrected chi connectivity index (χ1v) is 6.67. The highest BCUT2D eigenvalue weighted by Gasteiger charge is 2.14. The number of rotatable bonds is 2. The van der Waals surface area contributed by atoms with Crippen molar-refractivity contribution in [2.45, 2.75) is 27.2 Å². The normalized spacial score (nSPS) is 10.2. The average Bonchev–Trinajstić information content (AvgIpc) is 2.95. The second kappa shape index (κ2) is 6.14. The zero-order valence-corrected chi connectivity index (χ0v) is 11.9. The number of nitrogens with zero attached hydrogens (tertiary/aromatic N) is 3. The van der Waals surface area contributed by atoms with Crippen molar-refractivity contribution in [3.8, 4) is 0 Å². The molecule has 0 amide bonds. The van der Waals surface area contributed by atoms with E-state index in [9.17, 15) is 0 Å². The van der Waals surface area contributed by atoms with Gasteiger partial charge in [0.2, 0.25) is 5.65 Å². The van der Waals surface area contributed by atoms with Crippen molar-refractivity contribution in [3.63, 3.8) is 0 Å². The molecule has 0 aliphatic heterocycles. The zero-order chi connectivity index (χ0) is 14.5. The second-order valence-corrected chi connectivity index (χ2v) is 4.19. The summed E-state index contributed by atoms with van der Waals surface area (Å²) >= 11 is 0. The lowest BCUT2D eigenvalue weighted by Crippen LogP contribution is -2.02. The van der Waals surface area contributed by atoms with Crippen molar-refractivity contribution in [1.29, 1.82) is 0 Å². The number of aryl methyl sites for hydroxylation is 1. The first-order chi connectivity index (χ1) is 9.75. The van der Waals surface area contributed by atoms with Crippen LogP contribution in [0.4, 0.5) is 5.69 Å². The molecule has 0 unspecified atom stereocenters. The van der Waals surface area contributed by atoms with E-state index >= 15 is 0 Å². The number of aromatic nitrogens is 3. The molecule has 2 heterocycles. The smallest absolute Gasteiger partial charge is 0.226 e.